The number of aromatic nitrogens is 1. The van der Waals surface area contributed by atoms with Crippen molar-refractivity contribution in [1.82, 2.24) is 4.98 Å². The summed E-state index contributed by atoms with van der Waals surface area (Å²) in [5.41, 5.74) is 11.0. The Hall–Kier alpha value is -1.32. The topological polar surface area (TPSA) is 42.2 Å². The number of pyridine rings is 1. The first-order valence-electron chi connectivity index (χ1n) is 5.93. The highest BCUT2D eigenvalue weighted by atomic mass is 35.5. The van der Waals surface area contributed by atoms with E-state index in [1.165, 1.54) is 0 Å². The zero-order chi connectivity index (χ0) is 13.4. The second kappa shape index (κ2) is 4.75. The van der Waals surface area contributed by atoms with Crippen molar-refractivity contribution in [2.75, 3.05) is 19.0 Å². The van der Waals surface area contributed by atoms with Crippen molar-refractivity contribution < 1.29 is 0 Å². The van der Waals surface area contributed by atoms with Crippen LogP contribution < -0.4 is 10.6 Å². The van der Waals surface area contributed by atoms with Gasteiger partial charge in [-0.3, -0.25) is 4.98 Å². The molecular formula is C14H18ClN3. The highest BCUT2D eigenvalue weighted by Gasteiger charge is 2.15. The van der Waals surface area contributed by atoms with Crippen molar-refractivity contribution >= 4 is 28.2 Å². The van der Waals surface area contributed by atoms with Crippen LogP contribution in [-0.4, -0.2) is 19.1 Å². The van der Waals surface area contributed by atoms with Crippen molar-refractivity contribution in [3.63, 3.8) is 0 Å². The zero-order valence-electron chi connectivity index (χ0n) is 11.2. The SMILES string of the molecule is Cc1nc2c(C)c(Cl)ccc2c(N(C)C)c1CN. The van der Waals surface area contributed by atoms with Crippen LogP contribution in [0.5, 0.6) is 0 Å². The normalized spacial score (nSPS) is 11.0. The molecular weight excluding hydrogens is 246 g/mol. The van der Waals surface area contributed by atoms with E-state index in [4.69, 9.17) is 17.3 Å². The summed E-state index contributed by atoms with van der Waals surface area (Å²) in [4.78, 5) is 6.75. The van der Waals surface area contributed by atoms with Gasteiger partial charge in [0.2, 0.25) is 0 Å². The second-order valence-corrected chi connectivity index (χ2v) is 5.10. The van der Waals surface area contributed by atoms with Crippen LogP contribution >= 0.6 is 11.6 Å². The molecule has 0 aliphatic carbocycles. The number of benzene rings is 1. The first-order valence-corrected chi connectivity index (χ1v) is 6.30. The quantitative estimate of drug-likeness (QED) is 0.906. The van der Waals surface area contributed by atoms with Gasteiger partial charge in [-0.25, -0.2) is 0 Å². The lowest BCUT2D eigenvalue weighted by Crippen LogP contribution is -2.16. The second-order valence-electron chi connectivity index (χ2n) is 4.69. The molecule has 1 aromatic carbocycles. The molecule has 2 aromatic rings. The summed E-state index contributed by atoms with van der Waals surface area (Å²) in [6, 6.07) is 3.94. The molecule has 1 heterocycles. The fourth-order valence-corrected chi connectivity index (χ4v) is 2.49. The van der Waals surface area contributed by atoms with Gasteiger partial charge in [0.25, 0.3) is 0 Å². The fourth-order valence-electron chi connectivity index (χ4n) is 2.34. The van der Waals surface area contributed by atoms with E-state index in [9.17, 15) is 0 Å². The number of rotatable bonds is 2. The molecule has 0 aliphatic rings. The fraction of sp³-hybridized carbons (Fsp3) is 0.357. The van der Waals surface area contributed by atoms with E-state index in [0.29, 0.717) is 6.54 Å². The molecule has 0 saturated heterocycles. The van der Waals surface area contributed by atoms with E-state index in [2.05, 4.69) is 9.88 Å². The van der Waals surface area contributed by atoms with Gasteiger partial charge in [-0.1, -0.05) is 11.6 Å². The van der Waals surface area contributed by atoms with Crippen LogP contribution in [0.4, 0.5) is 5.69 Å². The van der Waals surface area contributed by atoms with Gasteiger partial charge in [0.05, 0.1) is 11.2 Å². The Labute approximate surface area is 113 Å². The van der Waals surface area contributed by atoms with E-state index in [1.54, 1.807) is 0 Å². The summed E-state index contributed by atoms with van der Waals surface area (Å²) in [7, 11) is 4.05. The van der Waals surface area contributed by atoms with Crippen LogP contribution in [0.15, 0.2) is 12.1 Å². The largest absolute Gasteiger partial charge is 0.377 e. The third-order valence-corrected chi connectivity index (χ3v) is 3.68. The number of nitrogens with zero attached hydrogens (tertiary/aromatic N) is 2. The maximum Gasteiger partial charge on any atom is 0.0770 e. The van der Waals surface area contributed by atoms with E-state index < -0.39 is 0 Å². The molecule has 0 amide bonds. The van der Waals surface area contributed by atoms with Gasteiger partial charge in [-0.2, -0.15) is 0 Å². The van der Waals surface area contributed by atoms with E-state index in [1.807, 2.05) is 40.1 Å². The summed E-state index contributed by atoms with van der Waals surface area (Å²) in [5, 5.41) is 1.85. The van der Waals surface area contributed by atoms with Gasteiger partial charge in [0, 0.05) is 42.3 Å². The molecule has 1 aromatic heterocycles. The minimum Gasteiger partial charge on any atom is -0.377 e. The molecule has 96 valence electrons. The van der Waals surface area contributed by atoms with E-state index in [-0.39, 0.29) is 0 Å². The number of halogens is 1. The average Bonchev–Trinajstić information content (AvgIpc) is 2.32. The van der Waals surface area contributed by atoms with Crippen molar-refractivity contribution in [3.05, 3.63) is 34.0 Å². The first kappa shape index (κ1) is 13.1. The number of aryl methyl sites for hydroxylation is 2. The minimum atomic E-state index is 0.490. The Morgan fingerprint density at radius 1 is 1.28 bits per heavy atom. The predicted octanol–water partition coefficient (Wildman–Crippen LogP) is 3.03. The zero-order valence-corrected chi connectivity index (χ0v) is 12.0. The Bertz CT molecular complexity index is 606. The van der Waals surface area contributed by atoms with Crippen molar-refractivity contribution in [2.45, 2.75) is 20.4 Å². The maximum atomic E-state index is 6.17. The molecule has 0 unspecified atom stereocenters. The maximum absolute atomic E-state index is 6.17. The molecule has 0 fully saturated rings. The van der Waals surface area contributed by atoms with Crippen molar-refractivity contribution in [3.8, 4) is 0 Å². The lowest BCUT2D eigenvalue weighted by atomic mass is 10.0. The summed E-state index contributed by atoms with van der Waals surface area (Å²) in [5.74, 6) is 0. The van der Waals surface area contributed by atoms with E-state index in [0.717, 1.165) is 38.4 Å². The summed E-state index contributed by atoms with van der Waals surface area (Å²) < 4.78 is 0. The Morgan fingerprint density at radius 2 is 1.94 bits per heavy atom. The third-order valence-electron chi connectivity index (χ3n) is 3.27. The number of nitrogens with two attached hydrogens (primary N) is 1. The highest BCUT2D eigenvalue weighted by molar-refractivity contribution is 6.32. The van der Waals surface area contributed by atoms with Gasteiger partial charge >= 0.3 is 0 Å². The Balaban J connectivity index is 2.95. The summed E-state index contributed by atoms with van der Waals surface area (Å²) >= 11 is 6.17. The Kier molecular flexibility index (Phi) is 3.46. The Morgan fingerprint density at radius 3 is 2.50 bits per heavy atom. The lowest BCUT2D eigenvalue weighted by Gasteiger charge is -2.21. The van der Waals surface area contributed by atoms with Gasteiger partial charge < -0.3 is 10.6 Å². The number of hydrogen-bond donors (Lipinski definition) is 1. The lowest BCUT2D eigenvalue weighted by molar-refractivity contribution is 0.992. The van der Waals surface area contributed by atoms with Crippen LogP contribution in [-0.2, 0) is 6.54 Å². The van der Waals surface area contributed by atoms with Crippen LogP contribution in [0.2, 0.25) is 5.02 Å². The third kappa shape index (κ3) is 1.93. The predicted molar refractivity (Wildman–Crippen MR) is 78.4 cm³/mol. The number of fused-ring (bicyclic) bond motifs is 1. The smallest absolute Gasteiger partial charge is 0.0770 e. The monoisotopic (exact) mass is 263 g/mol. The molecule has 0 radical (unpaired) electrons. The van der Waals surface area contributed by atoms with Gasteiger partial charge in [-0.15, -0.1) is 0 Å². The molecule has 2 N–H and O–H groups in total. The standard InChI is InChI=1S/C14H18ClN3/c1-8-12(15)6-5-10-13(8)17-9(2)11(7-16)14(10)18(3)4/h5-6H,7,16H2,1-4H3. The van der Waals surface area contributed by atoms with Gasteiger partial charge in [-0.05, 0) is 31.5 Å². The molecule has 2 rings (SSSR count). The average molecular weight is 264 g/mol. The molecule has 0 aliphatic heterocycles. The minimum absolute atomic E-state index is 0.490. The van der Waals surface area contributed by atoms with Crippen LogP contribution in [0.25, 0.3) is 10.9 Å². The van der Waals surface area contributed by atoms with Crippen molar-refractivity contribution in [1.29, 1.82) is 0 Å². The van der Waals surface area contributed by atoms with Gasteiger partial charge in [0.1, 0.15) is 0 Å². The molecule has 3 nitrogen and oxygen atoms in total. The van der Waals surface area contributed by atoms with Crippen molar-refractivity contribution in [2.24, 2.45) is 5.73 Å². The molecule has 18 heavy (non-hydrogen) atoms. The molecule has 0 spiro atoms. The number of anilines is 1. The van der Waals surface area contributed by atoms with Gasteiger partial charge in [0.15, 0.2) is 0 Å². The van der Waals surface area contributed by atoms with E-state index >= 15 is 0 Å². The first-order chi connectivity index (χ1) is 8.47. The van der Waals surface area contributed by atoms with Crippen LogP contribution in [0, 0.1) is 13.8 Å². The molecule has 0 saturated carbocycles. The highest BCUT2D eigenvalue weighted by Crippen LogP contribution is 2.34. The summed E-state index contributed by atoms with van der Waals surface area (Å²) in [6.45, 7) is 4.48. The van der Waals surface area contributed by atoms with Crippen LogP contribution in [0.3, 0.4) is 0 Å². The number of hydrogen-bond acceptors (Lipinski definition) is 3. The molecule has 0 atom stereocenters. The molecule has 0 bridgehead atoms. The summed E-state index contributed by atoms with van der Waals surface area (Å²) in [6.07, 6.45) is 0. The molecule has 4 heteroatoms. The van der Waals surface area contributed by atoms with Crippen LogP contribution in [0.1, 0.15) is 16.8 Å².